The lowest BCUT2D eigenvalue weighted by Gasteiger charge is -2.30. The number of carbonyl (C=O) groups excluding carboxylic acids is 3. The van der Waals surface area contributed by atoms with Crippen LogP contribution in [0.15, 0.2) is 60.8 Å². The van der Waals surface area contributed by atoms with Crippen LogP contribution in [-0.4, -0.2) is 54.4 Å². The van der Waals surface area contributed by atoms with Gasteiger partial charge in [0.15, 0.2) is 0 Å². The molecule has 1 unspecified atom stereocenters. The molecule has 1 aliphatic carbocycles. The zero-order valence-corrected chi connectivity index (χ0v) is 24.8. The van der Waals surface area contributed by atoms with Gasteiger partial charge in [-0.25, -0.2) is 4.98 Å². The van der Waals surface area contributed by atoms with Gasteiger partial charge in [-0.15, -0.1) is 0 Å². The molecule has 1 spiro atoms. The molecule has 5 rings (SSSR count). The van der Waals surface area contributed by atoms with Crippen molar-refractivity contribution in [1.82, 2.24) is 15.2 Å². The zero-order valence-electron chi connectivity index (χ0n) is 24.8. The highest BCUT2D eigenvalue weighted by molar-refractivity contribution is 6.06. The average molecular weight is 570 g/mol. The van der Waals surface area contributed by atoms with Crippen molar-refractivity contribution in [3.63, 3.8) is 0 Å². The summed E-state index contributed by atoms with van der Waals surface area (Å²) >= 11 is 0. The quantitative estimate of drug-likeness (QED) is 0.320. The third-order valence-corrected chi connectivity index (χ3v) is 8.01. The summed E-state index contributed by atoms with van der Waals surface area (Å²) in [5.74, 6) is 0.211. The van der Waals surface area contributed by atoms with Crippen molar-refractivity contribution in [3.05, 3.63) is 88.6 Å². The molecule has 2 aromatic carbocycles. The third-order valence-electron chi connectivity index (χ3n) is 8.01. The Morgan fingerprint density at radius 1 is 1.05 bits per heavy atom. The molecule has 42 heavy (non-hydrogen) atoms. The summed E-state index contributed by atoms with van der Waals surface area (Å²) in [6.45, 7) is 7.79. The smallest absolute Gasteiger partial charge is 0.244 e. The van der Waals surface area contributed by atoms with Crippen LogP contribution in [0.4, 0.5) is 11.5 Å². The van der Waals surface area contributed by atoms with Crippen LogP contribution in [0.1, 0.15) is 48.6 Å². The normalized spacial score (nSPS) is 17.1. The molecule has 0 fully saturated rings. The van der Waals surface area contributed by atoms with Crippen molar-refractivity contribution < 1.29 is 19.1 Å². The number of aromatic nitrogens is 1. The highest BCUT2D eigenvalue weighted by Gasteiger charge is 2.51. The van der Waals surface area contributed by atoms with Crippen LogP contribution in [0.3, 0.4) is 0 Å². The lowest BCUT2D eigenvalue weighted by atomic mass is 9.79. The molecule has 2 heterocycles. The molecule has 1 atom stereocenters. The molecular formula is C33H39N5O4. The Bertz CT molecular complexity index is 1500. The minimum atomic E-state index is -0.670. The van der Waals surface area contributed by atoms with Gasteiger partial charge in [0.1, 0.15) is 12.4 Å². The summed E-state index contributed by atoms with van der Waals surface area (Å²) in [7, 11) is 1.67. The van der Waals surface area contributed by atoms with E-state index in [1.807, 2.05) is 75.4 Å². The van der Waals surface area contributed by atoms with Gasteiger partial charge in [0.2, 0.25) is 17.7 Å². The number of carbonyl (C=O) groups is 3. The van der Waals surface area contributed by atoms with Gasteiger partial charge in [-0.1, -0.05) is 57.2 Å². The summed E-state index contributed by atoms with van der Waals surface area (Å²) in [4.78, 5) is 45.8. The predicted molar refractivity (Wildman–Crippen MR) is 162 cm³/mol. The van der Waals surface area contributed by atoms with E-state index in [-0.39, 0.29) is 24.3 Å². The van der Waals surface area contributed by atoms with E-state index in [9.17, 15) is 14.4 Å². The van der Waals surface area contributed by atoms with E-state index in [0.29, 0.717) is 50.6 Å². The van der Waals surface area contributed by atoms with Crippen LogP contribution >= 0.6 is 0 Å². The summed E-state index contributed by atoms with van der Waals surface area (Å²) in [5.41, 5.74) is 4.41. The number of fused-ring (bicyclic) bond motifs is 3. The van der Waals surface area contributed by atoms with Crippen LogP contribution in [0.25, 0.3) is 0 Å². The first-order chi connectivity index (χ1) is 20.1. The van der Waals surface area contributed by atoms with Gasteiger partial charge in [-0.2, -0.15) is 0 Å². The number of benzene rings is 2. The number of hydrogen-bond donors (Lipinski definition) is 3. The fourth-order valence-corrected chi connectivity index (χ4v) is 5.88. The second-order valence-corrected chi connectivity index (χ2v) is 12.2. The highest BCUT2D eigenvalue weighted by Crippen LogP contribution is 2.46. The molecule has 1 aliphatic heterocycles. The molecule has 3 aromatic rings. The van der Waals surface area contributed by atoms with Gasteiger partial charge in [-0.3, -0.25) is 14.4 Å². The van der Waals surface area contributed by atoms with Crippen molar-refractivity contribution in [2.45, 2.75) is 52.1 Å². The minimum Gasteiger partial charge on any atom is -0.383 e. The number of rotatable bonds is 10. The van der Waals surface area contributed by atoms with Crippen LogP contribution in [0.5, 0.6) is 0 Å². The number of hydrogen-bond acceptors (Lipinski definition) is 6. The molecule has 220 valence electrons. The molecule has 0 bridgehead atoms. The van der Waals surface area contributed by atoms with Crippen molar-refractivity contribution in [2.75, 3.05) is 37.4 Å². The molecule has 3 N–H and O–H groups in total. The summed E-state index contributed by atoms with van der Waals surface area (Å²) < 4.78 is 5.12. The van der Waals surface area contributed by atoms with Gasteiger partial charge >= 0.3 is 0 Å². The van der Waals surface area contributed by atoms with Crippen LogP contribution in [0, 0.1) is 5.41 Å². The number of amides is 3. The van der Waals surface area contributed by atoms with E-state index in [1.54, 1.807) is 18.2 Å². The zero-order chi connectivity index (χ0) is 29.9. The first-order valence-corrected chi connectivity index (χ1v) is 14.3. The molecule has 9 nitrogen and oxygen atoms in total. The lowest BCUT2D eigenvalue weighted by Crippen LogP contribution is -2.43. The van der Waals surface area contributed by atoms with Crippen molar-refractivity contribution in [2.24, 2.45) is 5.41 Å². The van der Waals surface area contributed by atoms with Crippen molar-refractivity contribution in [3.8, 4) is 0 Å². The van der Waals surface area contributed by atoms with Crippen LogP contribution < -0.4 is 16.0 Å². The molecule has 0 saturated heterocycles. The molecule has 2 aliphatic rings. The third kappa shape index (κ3) is 6.07. The molecule has 1 aromatic heterocycles. The lowest BCUT2D eigenvalue weighted by molar-refractivity contribution is -0.142. The fraction of sp³-hybridized carbons (Fsp3) is 0.394. The summed E-state index contributed by atoms with van der Waals surface area (Å²) in [6, 6.07) is 17.6. The Morgan fingerprint density at radius 3 is 2.57 bits per heavy atom. The standard InChI is InChI=1S/C33H39N5O4/c1-32(2,3)31(41)38(20-24-9-6-5-8-23(24)19-34-14-15-42-4)21-28(39)36-26-12-11-22-17-33(18-25(22)16-26)27-10-7-13-35-29(27)37-30(33)40/h5-13,16,34H,14-15,17-21H2,1-4H3,(H,36,39)(H,35,37,40). The maximum absolute atomic E-state index is 13.5. The topological polar surface area (TPSA) is 113 Å². The van der Waals surface area contributed by atoms with Crippen molar-refractivity contribution in [1.29, 1.82) is 0 Å². The van der Waals surface area contributed by atoms with E-state index < -0.39 is 10.8 Å². The van der Waals surface area contributed by atoms with Gasteiger partial charge in [0.05, 0.1) is 12.0 Å². The van der Waals surface area contributed by atoms with Crippen LogP contribution in [-0.2, 0) is 50.5 Å². The van der Waals surface area contributed by atoms with Gasteiger partial charge in [0, 0.05) is 49.6 Å². The molecule has 3 amide bonds. The average Bonchev–Trinajstić information content (AvgIpc) is 3.47. The molecule has 0 saturated carbocycles. The number of ether oxygens (including phenoxy) is 1. The van der Waals surface area contributed by atoms with Crippen molar-refractivity contribution >= 4 is 29.2 Å². The van der Waals surface area contributed by atoms with E-state index in [1.165, 1.54) is 0 Å². The second kappa shape index (κ2) is 12.0. The highest BCUT2D eigenvalue weighted by atomic mass is 16.5. The Labute approximate surface area is 247 Å². The van der Waals surface area contributed by atoms with Gasteiger partial charge in [0.25, 0.3) is 0 Å². The maximum Gasteiger partial charge on any atom is 0.244 e. The van der Waals surface area contributed by atoms with Crippen LogP contribution in [0.2, 0.25) is 0 Å². The predicted octanol–water partition coefficient (Wildman–Crippen LogP) is 3.82. The molecule has 0 radical (unpaired) electrons. The van der Waals surface area contributed by atoms with E-state index >= 15 is 0 Å². The summed E-state index contributed by atoms with van der Waals surface area (Å²) in [5, 5.41) is 9.28. The first-order valence-electron chi connectivity index (χ1n) is 14.3. The number of pyridine rings is 1. The molecule has 9 heteroatoms. The number of methoxy groups -OCH3 is 1. The minimum absolute atomic E-state index is 0.0384. The maximum atomic E-state index is 13.5. The van der Waals surface area contributed by atoms with Gasteiger partial charge in [-0.05, 0) is 53.3 Å². The molecular weight excluding hydrogens is 530 g/mol. The Morgan fingerprint density at radius 2 is 1.81 bits per heavy atom. The monoisotopic (exact) mass is 569 g/mol. The first kappa shape index (κ1) is 29.4. The Kier molecular flexibility index (Phi) is 8.43. The largest absolute Gasteiger partial charge is 0.383 e. The summed E-state index contributed by atoms with van der Waals surface area (Å²) in [6.07, 6.45) is 2.81. The number of nitrogens with one attached hydrogen (secondary N) is 3. The second-order valence-electron chi connectivity index (χ2n) is 12.2. The van der Waals surface area contributed by atoms with Gasteiger partial charge < -0.3 is 25.6 Å². The van der Waals surface area contributed by atoms with E-state index in [4.69, 9.17) is 4.74 Å². The Balaban J connectivity index is 1.29. The number of anilines is 2. The number of nitrogens with zero attached hydrogens (tertiary/aromatic N) is 2. The fourth-order valence-electron chi connectivity index (χ4n) is 5.88. The van der Waals surface area contributed by atoms with E-state index in [0.717, 1.165) is 27.8 Å². The SMILES string of the molecule is COCCNCc1ccccc1CN(CC(=O)Nc1ccc2c(c1)CC1(C2)C(=O)Nc2ncccc21)C(=O)C(C)(C)C. The van der Waals surface area contributed by atoms with E-state index in [2.05, 4.69) is 20.9 Å². The Hall–Kier alpha value is -4.08.